The van der Waals surface area contributed by atoms with Gasteiger partial charge in [0.05, 0.1) is 12.1 Å². The van der Waals surface area contributed by atoms with Crippen molar-refractivity contribution >= 4 is 5.78 Å². The molecule has 1 aliphatic rings. The highest BCUT2D eigenvalue weighted by Gasteiger charge is 2.30. The Morgan fingerprint density at radius 2 is 1.67 bits per heavy atom. The Kier molecular flexibility index (Phi) is 8.48. The Balaban J connectivity index is 1.65. The maximum Gasteiger partial charge on any atom is 0.152 e. The highest BCUT2D eigenvalue weighted by atomic mass is 16.3. The van der Waals surface area contributed by atoms with Gasteiger partial charge in [0.2, 0.25) is 0 Å². The fourth-order valence-electron chi connectivity index (χ4n) is 3.42. The minimum absolute atomic E-state index is 0.135. The van der Waals surface area contributed by atoms with Gasteiger partial charge in [-0.2, -0.15) is 0 Å². The predicted molar refractivity (Wildman–Crippen MR) is 99.3 cm³/mol. The molecule has 0 bridgehead atoms. The number of unbranched alkanes of at least 4 members (excludes halogenated alkanes) is 5. The van der Waals surface area contributed by atoms with Crippen molar-refractivity contribution in [2.75, 3.05) is 6.54 Å². The molecule has 0 aliphatic carbocycles. The summed E-state index contributed by atoms with van der Waals surface area (Å²) in [5.74, 6) is 0.135. The SMILES string of the molecule is CCCCCCCCc1ccc(CCC(=O)[C@H]2NCC[C@@H]2O)cc1. The summed E-state index contributed by atoms with van der Waals surface area (Å²) in [7, 11) is 0. The topological polar surface area (TPSA) is 49.3 Å². The third-order valence-corrected chi connectivity index (χ3v) is 5.04. The van der Waals surface area contributed by atoms with Crippen LogP contribution in [0.25, 0.3) is 0 Å². The van der Waals surface area contributed by atoms with Crippen molar-refractivity contribution in [3.8, 4) is 0 Å². The zero-order valence-electron chi connectivity index (χ0n) is 15.1. The zero-order valence-corrected chi connectivity index (χ0v) is 15.1. The summed E-state index contributed by atoms with van der Waals surface area (Å²) in [5, 5.41) is 12.9. The van der Waals surface area contributed by atoms with Crippen molar-refractivity contribution in [2.24, 2.45) is 0 Å². The molecule has 1 aromatic carbocycles. The van der Waals surface area contributed by atoms with Crippen LogP contribution >= 0.6 is 0 Å². The van der Waals surface area contributed by atoms with Crippen LogP contribution in [0.2, 0.25) is 0 Å². The number of aliphatic hydroxyl groups excluding tert-OH is 1. The van der Waals surface area contributed by atoms with Crippen LogP contribution in [0.1, 0.15) is 69.4 Å². The van der Waals surface area contributed by atoms with E-state index in [0.29, 0.717) is 12.8 Å². The number of hydrogen-bond donors (Lipinski definition) is 2. The number of rotatable bonds is 11. The van der Waals surface area contributed by atoms with Crippen molar-refractivity contribution in [3.05, 3.63) is 35.4 Å². The molecule has 0 unspecified atom stereocenters. The summed E-state index contributed by atoms with van der Waals surface area (Å²) < 4.78 is 0. The maximum absolute atomic E-state index is 12.1. The van der Waals surface area contributed by atoms with Crippen LogP contribution in [-0.4, -0.2) is 29.6 Å². The van der Waals surface area contributed by atoms with Crippen LogP contribution in [0, 0.1) is 0 Å². The first-order valence-electron chi connectivity index (χ1n) is 9.72. The van der Waals surface area contributed by atoms with Crippen LogP contribution in [-0.2, 0) is 17.6 Å². The van der Waals surface area contributed by atoms with Crippen LogP contribution in [0.15, 0.2) is 24.3 Å². The van der Waals surface area contributed by atoms with Gasteiger partial charge in [0, 0.05) is 6.42 Å². The third kappa shape index (κ3) is 6.37. The van der Waals surface area contributed by atoms with E-state index in [1.54, 1.807) is 0 Å². The van der Waals surface area contributed by atoms with E-state index in [-0.39, 0.29) is 11.8 Å². The van der Waals surface area contributed by atoms with Crippen LogP contribution in [0.4, 0.5) is 0 Å². The average Bonchev–Trinajstić information content (AvgIpc) is 3.03. The predicted octanol–water partition coefficient (Wildman–Crippen LogP) is 3.81. The van der Waals surface area contributed by atoms with Gasteiger partial charge in [-0.3, -0.25) is 4.79 Å². The molecule has 3 nitrogen and oxygen atoms in total. The third-order valence-electron chi connectivity index (χ3n) is 5.04. The molecule has 0 saturated carbocycles. The summed E-state index contributed by atoms with van der Waals surface area (Å²) in [4.78, 5) is 12.1. The van der Waals surface area contributed by atoms with Crippen molar-refractivity contribution < 1.29 is 9.90 Å². The molecule has 1 fully saturated rings. The van der Waals surface area contributed by atoms with E-state index in [4.69, 9.17) is 0 Å². The molecule has 1 saturated heterocycles. The lowest BCUT2D eigenvalue weighted by Crippen LogP contribution is -2.38. The summed E-state index contributed by atoms with van der Waals surface area (Å²) in [5.41, 5.74) is 2.61. The van der Waals surface area contributed by atoms with Gasteiger partial charge in [0.15, 0.2) is 5.78 Å². The largest absolute Gasteiger partial charge is 0.391 e. The van der Waals surface area contributed by atoms with E-state index >= 15 is 0 Å². The first-order valence-corrected chi connectivity index (χ1v) is 9.72. The molecule has 0 amide bonds. The molecule has 3 heteroatoms. The minimum Gasteiger partial charge on any atom is -0.391 e. The Labute approximate surface area is 146 Å². The molecular weight excluding hydrogens is 298 g/mol. The van der Waals surface area contributed by atoms with Gasteiger partial charge in [-0.25, -0.2) is 0 Å². The standard InChI is InChI=1S/C21H33NO2/c1-2-3-4-5-6-7-8-17-9-11-18(12-10-17)13-14-19(23)21-20(24)15-16-22-21/h9-12,20-22,24H,2-8,13-16H2,1H3/t20-,21+/m0/s1. The van der Waals surface area contributed by atoms with E-state index in [0.717, 1.165) is 19.4 Å². The van der Waals surface area contributed by atoms with E-state index in [2.05, 4.69) is 36.5 Å². The summed E-state index contributed by atoms with van der Waals surface area (Å²) in [6, 6.07) is 8.36. The Morgan fingerprint density at radius 3 is 2.29 bits per heavy atom. The van der Waals surface area contributed by atoms with Gasteiger partial charge in [-0.1, -0.05) is 63.3 Å². The van der Waals surface area contributed by atoms with E-state index in [1.807, 2.05) is 0 Å². The number of aryl methyl sites for hydroxylation is 2. The Hall–Kier alpha value is -1.19. The lowest BCUT2D eigenvalue weighted by Gasteiger charge is -2.13. The van der Waals surface area contributed by atoms with E-state index in [9.17, 15) is 9.90 Å². The van der Waals surface area contributed by atoms with Gasteiger partial charge < -0.3 is 10.4 Å². The smallest absolute Gasteiger partial charge is 0.152 e. The molecule has 1 aliphatic heterocycles. The number of nitrogens with one attached hydrogen (secondary N) is 1. The summed E-state index contributed by atoms with van der Waals surface area (Å²) in [6.07, 6.45) is 10.6. The van der Waals surface area contributed by atoms with Crippen LogP contribution in [0.5, 0.6) is 0 Å². The average molecular weight is 332 g/mol. The van der Waals surface area contributed by atoms with Crippen molar-refractivity contribution in [2.45, 2.75) is 83.3 Å². The van der Waals surface area contributed by atoms with Gasteiger partial charge in [-0.15, -0.1) is 0 Å². The number of carbonyl (C=O) groups is 1. The van der Waals surface area contributed by atoms with Crippen LogP contribution < -0.4 is 5.32 Å². The molecule has 24 heavy (non-hydrogen) atoms. The molecule has 0 aromatic heterocycles. The fourth-order valence-corrected chi connectivity index (χ4v) is 3.42. The molecule has 1 heterocycles. The van der Waals surface area contributed by atoms with E-state index in [1.165, 1.54) is 49.7 Å². The van der Waals surface area contributed by atoms with Gasteiger partial charge in [0.1, 0.15) is 0 Å². The molecule has 2 atom stereocenters. The normalized spacial score (nSPS) is 20.4. The highest BCUT2D eigenvalue weighted by molar-refractivity contribution is 5.85. The first kappa shape index (κ1) is 19.1. The zero-order chi connectivity index (χ0) is 17.2. The van der Waals surface area contributed by atoms with Crippen molar-refractivity contribution in [1.82, 2.24) is 5.32 Å². The number of ketones is 1. The Bertz CT molecular complexity index is 483. The molecule has 134 valence electrons. The number of Topliss-reactive ketones (excluding diaryl/α,β-unsaturated/α-hetero) is 1. The molecular formula is C21H33NO2. The minimum atomic E-state index is -0.503. The lowest BCUT2D eigenvalue weighted by molar-refractivity contribution is -0.122. The summed E-state index contributed by atoms with van der Waals surface area (Å²) in [6.45, 7) is 2.99. The van der Waals surface area contributed by atoms with Gasteiger partial charge in [-0.05, 0) is 43.4 Å². The first-order chi connectivity index (χ1) is 11.7. The monoisotopic (exact) mass is 331 g/mol. The number of carbonyl (C=O) groups excluding carboxylic acids is 1. The number of aliphatic hydroxyl groups is 1. The van der Waals surface area contributed by atoms with E-state index < -0.39 is 6.10 Å². The van der Waals surface area contributed by atoms with Gasteiger partial charge >= 0.3 is 0 Å². The fraction of sp³-hybridized carbons (Fsp3) is 0.667. The Morgan fingerprint density at radius 1 is 1.04 bits per heavy atom. The van der Waals surface area contributed by atoms with Crippen molar-refractivity contribution in [1.29, 1.82) is 0 Å². The van der Waals surface area contributed by atoms with Crippen molar-refractivity contribution in [3.63, 3.8) is 0 Å². The molecule has 2 rings (SSSR count). The quantitative estimate of drug-likeness (QED) is 0.606. The molecule has 2 N–H and O–H groups in total. The second kappa shape index (κ2) is 10.6. The second-order valence-corrected chi connectivity index (χ2v) is 7.09. The van der Waals surface area contributed by atoms with Crippen LogP contribution in [0.3, 0.4) is 0 Å². The highest BCUT2D eigenvalue weighted by Crippen LogP contribution is 2.14. The van der Waals surface area contributed by atoms with Gasteiger partial charge in [0.25, 0.3) is 0 Å². The second-order valence-electron chi connectivity index (χ2n) is 7.09. The molecule has 0 spiro atoms. The number of hydrogen-bond acceptors (Lipinski definition) is 3. The lowest BCUT2D eigenvalue weighted by atomic mass is 9.99. The molecule has 1 aromatic rings. The maximum atomic E-state index is 12.1. The molecule has 0 radical (unpaired) electrons. The number of benzene rings is 1. The summed E-state index contributed by atoms with van der Waals surface area (Å²) >= 11 is 0.